The molecule has 0 saturated heterocycles. The van der Waals surface area contributed by atoms with Gasteiger partial charge >= 0.3 is 12.1 Å². The molecule has 0 unspecified atom stereocenters. The predicted molar refractivity (Wildman–Crippen MR) is 90.9 cm³/mol. The zero-order valence-electron chi connectivity index (χ0n) is 13.8. The first-order valence-electron chi connectivity index (χ1n) is 7.68. The van der Waals surface area contributed by atoms with Crippen molar-refractivity contribution in [3.8, 4) is 0 Å². The van der Waals surface area contributed by atoms with Crippen molar-refractivity contribution in [2.24, 2.45) is 0 Å². The van der Waals surface area contributed by atoms with Gasteiger partial charge in [0.05, 0.1) is 17.9 Å². The molecule has 0 amide bonds. The first-order chi connectivity index (χ1) is 12.3. The van der Waals surface area contributed by atoms with Gasteiger partial charge in [0, 0.05) is 11.1 Å². The Labute approximate surface area is 148 Å². The molecular formula is C19H16F3NO3. The molecule has 7 heteroatoms. The van der Waals surface area contributed by atoms with Crippen molar-refractivity contribution in [3.63, 3.8) is 0 Å². The van der Waals surface area contributed by atoms with Crippen LogP contribution in [0.4, 0.5) is 13.2 Å². The maximum atomic E-state index is 12.7. The van der Waals surface area contributed by atoms with E-state index in [-0.39, 0.29) is 17.9 Å². The van der Waals surface area contributed by atoms with Crippen molar-refractivity contribution in [3.05, 3.63) is 76.9 Å². The monoisotopic (exact) mass is 363 g/mol. The number of hydrogen-bond acceptors (Lipinski definition) is 4. The van der Waals surface area contributed by atoms with Crippen LogP contribution >= 0.6 is 0 Å². The first-order valence-corrected chi connectivity index (χ1v) is 7.68. The van der Waals surface area contributed by atoms with Crippen molar-refractivity contribution in [2.45, 2.75) is 13.1 Å². The number of nitrogens with one attached hydrogen (secondary N) is 1. The van der Waals surface area contributed by atoms with Crippen LogP contribution in [0.15, 0.2) is 60.2 Å². The maximum absolute atomic E-state index is 12.7. The van der Waals surface area contributed by atoms with Gasteiger partial charge in [0.15, 0.2) is 0 Å². The average Bonchev–Trinajstić information content (AvgIpc) is 2.62. The topological polar surface area (TPSA) is 70.4 Å². The summed E-state index contributed by atoms with van der Waals surface area (Å²) in [6.07, 6.45) is -4.52. The van der Waals surface area contributed by atoms with Gasteiger partial charge in [-0.25, -0.2) is 4.79 Å². The second-order valence-corrected chi connectivity index (χ2v) is 5.26. The molecule has 0 aliphatic rings. The fraction of sp³-hybridized carbons (Fsp3) is 0.158. The quantitative estimate of drug-likeness (QED) is 0.353. The SMILES string of the molecule is CCOC(=O)/C(C(=N)c1ccccc1)=C(/O)c1ccc(C(F)(F)F)cc1. The van der Waals surface area contributed by atoms with Crippen LogP contribution < -0.4 is 0 Å². The smallest absolute Gasteiger partial charge is 0.416 e. The van der Waals surface area contributed by atoms with Crippen molar-refractivity contribution >= 4 is 17.4 Å². The second-order valence-electron chi connectivity index (χ2n) is 5.26. The number of aliphatic hydroxyl groups excluding tert-OH is 1. The fourth-order valence-electron chi connectivity index (χ4n) is 2.23. The van der Waals surface area contributed by atoms with Crippen LogP contribution in [0.1, 0.15) is 23.6 Å². The molecule has 2 rings (SSSR count). The zero-order chi connectivity index (χ0) is 19.3. The fourth-order valence-corrected chi connectivity index (χ4v) is 2.23. The normalized spacial score (nSPS) is 12.3. The number of alkyl halides is 3. The Morgan fingerprint density at radius 1 is 1.04 bits per heavy atom. The van der Waals surface area contributed by atoms with E-state index in [9.17, 15) is 23.1 Å². The average molecular weight is 363 g/mol. The summed E-state index contributed by atoms with van der Waals surface area (Å²) < 4.78 is 42.9. The van der Waals surface area contributed by atoms with E-state index in [1.807, 2.05) is 0 Å². The molecule has 0 atom stereocenters. The minimum atomic E-state index is -4.52. The van der Waals surface area contributed by atoms with E-state index in [4.69, 9.17) is 10.1 Å². The summed E-state index contributed by atoms with van der Waals surface area (Å²) in [7, 11) is 0. The van der Waals surface area contributed by atoms with E-state index in [2.05, 4.69) is 0 Å². The molecule has 0 aliphatic heterocycles. The number of carbonyl (C=O) groups excluding carboxylic acids is 1. The lowest BCUT2D eigenvalue weighted by atomic mass is 9.98. The van der Waals surface area contributed by atoms with Gasteiger partial charge in [-0.05, 0) is 19.1 Å². The van der Waals surface area contributed by atoms with Gasteiger partial charge in [-0.3, -0.25) is 5.41 Å². The second kappa shape index (κ2) is 7.86. The molecule has 0 fully saturated rings. The van der Waals surface area contributed by atoms with Gasteiger partial charge in [-0.2, -0.15) is 13.2 Å². The summed E-state index contributed by atoms with van der Waals surface area (Å²) in [6.45, 7) is 1.58. The van der Waals surface area contributed by atoms with E-state index in [0.717, 1.165) is 24.3 Å². The zero-order valence-corrected chi connectivity index (χ0v) is 13.8. The molecule has 2 aromatic carbocycles. The molecule has 0 spiro atoms. The summed E-state index contributed by atoms with van der Waals surface area (Å²) in [5.74, 6) is -1.55. The van der Waals surface area contributed by atoms with Crippen molar-refractivity contribution in [1.29, 1.82) is 5.41 Å². The summed E-state index contributed by atoms with van der Waals surface area (Å²) in [5.41, 5.74) is -1.26. The number of halogens is 3. The number of ether oxygens (including phenoxy) is 1. The minimum absolute atomic E-state index is 0.0185. The van der Waals surface area contributed by atoms with E-state index >= 15 is 0 Å². The molecule has 0 heterocycles. The third-order valence-corrected chi connectivity index (χ3v) is 3.51. The predicted octanol–water partition coefficient (Wildman–Crippen LogP) is 4.61. The number of carbonyl (C=O) groups is 1. The van der Waals surface area contributed by atoms with Gasteiger partial charge in [0.1, 0.15) is 11.3 Å². The molecule has 136 valence electrons. The highest BCUT2D eigenvalue weighted by Gasteiger charge is 2.30. The van der Waals surface area contributed by atoms with Crippen LogP contribution in [0, 0.1) is 5.41 Å². The van der Waals surface area contributed by atoms with Crippen LogP contribution in [0.2, 0.25) is 0 Å². The lowest BCUT2D eigenvalue weighted by Gasteiger charge is -2.13. The third-order valence-electron chi connectivity index (χ3n) is 3.51. The Hall–Kier alpha value is -3.09. The lowest BCUT2D eigenvalue weighted by Crippen LogP contribution is -2.18. The largest absolute Gasteiger partial charge is 0.506 e. The molecular weight excluding hydrogens is 347 g/mol. The Morgan fingerprint density at radius 2 is 1.62 bits per heavy atom. The van der Waals surface area contributed by atoms with Gasteiger partial charge in [-0.1, -0.05) is 42.5 Å². The van der Waals surface area contributed by atoms with Gasteiger partial charge < -0.3 is 9.84 Å². The van der Waals surface area contributed by atoms with E-state index in [1.54, 1.807) is 37.3 Å². The Morgan fingerprint density at radius 3 is 2.12 bits per heavy atom. The summed E-state index contributed by atoms with van der Waals surface area (Å²) in [5, 5.41) is 18.7. The molecule has 0 radical (unpaired) electrons. The highest BCUT2D eigenvalue weighted by atomic mass is 19.4. The van der Waals surface area contributed by atoms with Crippen LogP contribution in [0.5, 0.6) is 0 Å². The molecule has 0 aliphatic carbocycles. The van der Waals surface area contributed by atoms with Crippen LogP contribution in [0.25, 0.3) is 5.76 Å². The van der Waals surface area contributed by atoms with Gasteiger partial charge in [-0.15, -0.1) is 0 Å². The number of esters is 1. The standard InChI is InChI=1S/C19H16F3NO3/c1-2-26-18(25)15(16(23)12-6-4-3-5-7-12)17(24)13-8-10-14(11-9-13)19(20,21)22/h3-11,23-24H,2H2,1H3/b17-15+,23-16?. The Kier molecular flexibility index (Phi) is 5.82. The molecule has 0 aromatic heterocycles. The number of aliphatic hydroxyl groups is 1. The van der Waals surface area contributed by atoms with Crippen LogP contribution in [-0.2, 0) is 15.7 Å². The summed E-state index contributed by atoms with van der Waals surface area (Å²) in [6, 6.07) is 11.8. The van der Waals surface area contributed by atoms with E-state index in [1.165, 1.54) is 0 Å². The van der Waals surface area contributed by atoms with Crippen LogP contribution in [0.3, 0.4) is 0 Å². The van der Waals surface area contributed by atoms with E-state index in [0.29, 0.717) is 5.56 Å². The maximum Gasteiger partial charge on any atom is 0.416 e. The van der Waals surface area contributed by atoms with E-state index < -0.39 is 29.0 Å². The molecule has 4 nitrogen and oxygen atoms in total. The Bertz CT molecular complexity index is 825. The first kappa shape index (κ1) is 19.2. The third kappa shape index (κ3) is 4.30. The van der Waals surface area contributed by atoms with Gasteiger partial charge in [0.25, 0.3) is 0 Å². The van der Waals surface area contributed by atoms with Gasteiger partial charge in [0.2, 0.25) is 0 Å². The molecule has 2 N–H and O–H groups in total. The number of hydrogen-bond donors (Lipinski definition) is 2. The highest BCUT2D eigenvalue weighted by Crippen LogP contribution is 2.30. The molecule has 0 bridgehead atoms. The Balaban J connectivity index is 2.52. The van der Waals surface area contributed by atoms with Crippen molar-refractivity contribution < 1.29 is 27.8 Å². The summed E-state index contributed by atoms with van der Waals surface area (Å²) >= 11 is 0. The molecule has 2 aromatic rings. The lowest BCUT2D eigenvalue weighted by molar-refractivity contribution is -0.138. The van der Waals surface area contributed by atoms with Crippen molar-refractivity contribution in [1.82, 2.24) is 0 Å². The van der Waals surface area contributed by atoms with Crippen molar-refractivity contribution in [2.75, 3.05) is 6.61 Å². The summed E-state index contributed by atoms with van der Waals surface area (Å²) in [4.78, 5) is 12.2. The highest BCUT2D eigenvalue weighted by molar-refractivity contribution is 6.29. The number of benzene rings is 2. The number of rotatable bonds is 5. The molecule has 0 saturated carbocycles. The van der Waals surface area contributed by atoms with Crippen LogP contribution in [-0.4, -0.2) is 23.4 Å². The molecule has 26 heavy (non-hydrogen) atoms. The minimum Gasteiger partial charge on any atom is -0.506 e.